The molecule has 0 amide bonds. The van der Waals surface area contributed by atoms with Crippen LogP contribution in [0, 0.1) is 0 Å². The molecule has 2 aliphatic rings. The molecular formula is C19H24O6. The van der Waals surface area contributed by atoms with Gasteiger partial charge in [-0.15, -0.1) is 6.58 Å². The molecule has 25 heavy (non-hydrogen) atoms. The molecule has 6 nitrogen and oxygen atoms in total. The fourth-order valence-electron chi connectivity index (χ4n) is 3.38. The summed E-state index contributed by atoms with van der Waals surface area (Å²) < 4.78 is 28.8. The minimum atomic E-state index is -1.34. The third-order valence-electron chi connectivity index (χ3n) is 4.42. The third-order valence-corrected chi connectivity index (χ3v) is 4.42. The Balaban J connectivity index is 1.88. The first-order chi connectivity index (χ1) is 11.9. The van der Waals surface area contributed by atoms with Gasteiger partial charge in [-0.2, -0.15) is 0 Å². The number of esters is 1. The number of hydrogen-bond donors (Lipinski definition) is 0. The number of hydrogen-bond acceptors (Lipinski definition) is 6. The Bertz CT molecular complexity index is 628. The van der Waals surface area contributed by atoms with Crippen molar-refractivity contribution in [2.45, 2.75) is 56.8 Å². The van der Waals surface area contributed by atoms with E-state index in [2.05, 4.69) is 6.58 Å². The lowest BCUT2D eigenvalue weighted by Gasteiger charge is -2.33. The standard InChI is InChI=1S/C19H24O6/c1-5-11-19(17(20)21-4)15(22-12-13-9-7-6-8-10-13)14-16(25-19)24-18(2,3)23-14/h5-10,14-16H,1,11-12H2,2-4H3/t14-,15-,16+,19+/m1/s1. The summed E-state index contributed by atoms with van der Waals surface area (Å²) in [4.78, 5) is 12.6. The Morgan fingerprint density at radius 3 is 2.60 bits per heavy atom. The number of carbonyl (C=O) groups excluding carboxylic acids is 1. The molecule has 2 fully saturated rings. The first kappa shape index (κ1) is 18.1. The topological polar surface area (TPSA) is 63.2 Å². The summed E-state index contributed by atoms with van der Waals surface area (Å²) in [5.41, 5.74) is -0.349. The van der Waals surface area contributed by atoms with Gasteiger partial charge in [-0.25, -0.2) is 4.79 Å². The van der Waals surface area contributed by atoms with Crippen LogP contribution in [0.15, 0.2) is 43.0 Å². The van der Waals surface area contributed by atoms with Gasteiger partial charge in [0.15, 0.2) is 17.7 Å². The second kappa shape index (κ2) is 6.88. The molecule has 1 aromatic carbocycles. The maximum Gasteiger partial charge on any atom is 0.341 e. The van der Waals surface area contributed by atoms with E-state index in [1.165, 1.54) is 7.11 Å². The second-order valence-electron chi connectivity index (χ2n) is 6.68. The summed E-state index contributed by atoms with van der Waals surface area (Å²) in [7, 11) is 1.32. The number of methoxy groups -OCH3 is 1. The van der Waals surface area contributed by atoms with Crippen LogP contribution < -0.4 is 0 Å². The number of carbonyl (C=O) groups is 1. The van der Waals surface area contributed by atoms with E-state index < -0.39 is 35.9 Å². The molecular weight excluding hydrogens is 324 g/mol. The van der Waals surface area contributed by atoms with Gasteiger partial charge in [0, 0.05) is 6.42 Å². The predicted octanol–water partition coefficient (Wildman–Crippen LogP) is 2.57. The molecule has 0 radical (unpaired) electrons. The fraction of sp³-hybridized carbons (Fsp3) is 0.526. The number of fused-ring (bicyclic) bond motifs is 1. The Kier molecular flexibility index (Phi) is 4.97. The van der Waals surface area contributed by atoms with Gasteiger partial charge in [-0.3, -0.25) is 0 Å². The van der Waals surface area contributed by atoms with Crippen molar-refractivity contribution in [2.24, 2.45) is 0 Å². The van der Waals surface area contributed by atoms with Gasteiger partial charge in [0.1, 0.15) is 12.2 Å². The summed E-state index contributed by atoms with van der Waals surface area (Å²) >= 11 is 0. The molecule has 136 valence electrons. The van der Waals surface area contributed by atoms with Crippen LogP contribution in [0.3, 0.4) is 0 Å². The van der Waals surface area contributed by atoms with Crippen LogP contribution in [-0.2, 0) is 35.1 Å². The van der Waals surface area contributed by atoms with Crippen LogP contribution in [0.25, 0.3) is 0 Å². The monoisotopic (exact) mass is 348 g/mol. The van der Waals surface area contributed by atoms with Gasteiger partial charge in [-0.1, -0.05) is 36.4 Å². The maximum absolute atomic E-state index is 12.6. The minimum Gasteiger partial charge on any atom is -0.467 e. The average Bonchev–Trinajstić information content (AvgIpc) is 3.03. The average molecular weight is 348 g/mol. The Labute approximate surface area is 147 Å². The number of rotatable bonds is 6. The van der Waals surface area contributed by atoms with Gasteiger partial charge in [-0.05, 0) is 19.4 Å². The molecule has 0 aliphatic carbocycles. The van der Waals surface area contributed by atoms with Crippen LogP contribution in [-0.4, -0.2) is 43.0 Å². The van der Waals surface area contributed by atoms with E-state index in [4.69, 9.17) is 23.7 Å². The van der Waals surface area contributed by atoms with Crippen molar-refractivity contribution >= 4 is 5.97 Å². The van der Waals surface area contributed by atoms with Gasteiger partial charge >= 0.3 is 5.97 Å². The highest BCUT2D eigenvalue weighted by Crippen LogP contribution is 2.46. The summed E-state index contributed by atoms with van der Waals surface area (Å²) in [6.45, 7) is 7.66. The normalized spacial score (nSPS) is 33.0. The zero-order valence-corrected chi connectivity index (χ0v) is 14.8. The van der Waals surface area contributed by atoms with Crippen LogP contribution in [0.1, 0.15) is 25.8 Å². The zero-order chi connectivity index (χ0) is 18.1. The molecule has 0 saturated carbocycles. The van der Waals surface area contributed by atoms with Crippen LogP contribution in [0.2, 0.25) is 0 Å². The molecule has 0 unspecified atom stereocenters. The molecule has 4 atom stereocenters. The Hall–Kier alpha value is -1.73. The number of ether oxygens (including phenoxy) is 5. The lowest BCUT2D eigenvalue weighted by molar-refractivity contribution is -0.247. The first-order valence-electron chi connectivity index (χ1n) is 8.30. The zero-order valence-electron chi connectivity index (χ0n) is 14.8. The van der Waals surface area contributed by atoms with Gasteiger partial charge in [0.05, 0.1) is 13.7 Å². The third kappa shape index (κ3) is 3.35. The summed E-state index contributed by atoms with van der Waals surface area (Å²) in [6, 6.07) is 9.71. The molecule has 0 N–H and O–H groups in total. The lowest BCUT2D eigenvalue weighted by Crippen LogP contribution is -2.52. The summed E-state index contributed by atoms with van der Waals surface area (Å²) in [5, 5.41) is 0. The van der Waals surface area contributed by atoms with E-state index in [0.29, 0.717) is 6.61 Å². The quantitative estimate of drug-likeness (QED) is 0.582. The van der Waals surface area contributed by atoms with Crippen molar-refractivity contribution < 1.29 is 28.5 Å². The molecule has 0 bridgehead atoms. The van der Waals surface area contributed by atoms with E-state index in [-0.39, 0.29) is 6.42 Å². The fourth-order valence-corrected chi connectivity index (χ4v) is 3.38. The molecule has 0 spiro atoms. The Morgan fingerprint density at radius 1 is 1.24 bits per heavy atom. The second-order valence-corrected chi connectivity index (χ2v) is 6.68. The summed E-state index contributed by atoms with van der Waals surface area (Å²) in [6.07, 6.45) is -0.0566. The number of benzene rings is 1. The van der Waals surface area contributed by atoms with Crippen molar-refractivity contribution in [2.75, 3.05) is 7.11 Å². The largest absolute Gasteiger partial charge is 0.467 e. The van der Waals surface area contributed by atoms with Crippen molar-refractivity contribution in [3.05, 3.63) is 48.6 Å². The van der Waals surface area contributed by atoms with E-state index in [9.17, 15) is 4.79 Å². The van der Waals surface area contributed by atoms with E-state index >= 15 is 0 Å². The highest BCUT2D eigenvalue weighted by Gasteiger charge is 2.66. The lowest BCUT2D eigenvalue weighted by atomic mass is 9.91. The predicted molar refractivity (Wildman–Crippen MR) is 89.5 cm³/mol. The van der Waals surface area contributed by atoms with E-state index in [0.717, 1.165) is 5.56 Å². The van der Waals surface area contributed by atoms with Crippen LogP contribution >= 0.6 is 0 Å². The van der Waals surface area contributed by atoms with E-state index in [1.54, 1.807) is 19.9 Å². The smallest absolute Gasteiger partial charge is 0.341 e. The molecule has 2 saturated heterocycles. The molecule has 2 heterocycles. The SMILES string of the molecule is C=CC[C@]1(C(=O)OC)O[C@@H]2OC(C)(C)O[C@@H]2[C@H]1OCc1ccccc1. The van der Waals surface area contributed by atoms with Gasteiger partial charge in [0.2, 0.25) is 0 Å². The molecule has 6 heteroatoms. The molecule has 0 aromatic heterocycles. The summed E-state index contributed by atoms with van der Waals surface area (Å²) in [5.74, 6) is -1.33. The minimum absolute atomic E-state index is 0.235. The van der Waals surface area contributed by atoms with Crippen molar-refractivity contribution in [1.82, 2.24) is 0 Å². The highest BCUT2D eigenvalue weighted by atomic mass is 16.8. The van der Waals surface area contributed by atoms with Crippen LogP contribution in [0.5, 0.6) is 0 Å². The van der Waals surface area contributed by atoms with Crippen molar-refractivity contribution in [3.8, 4) is 0 Å². The first-order valence-corrected chi connectivity index (χ1v) is 8.30. The van der Waals surface area contributed by atoms with Crippen molar-refractivity contribution in [3.63, 3.8) is 0 Å². The van der Waals surface area contributed by atoms with E-state index in [1.807, 2.05) is 30.3 Å². The molecule has 2 aliphatic heterocycles. The Morgan fingerprint density at radius 2 is 1.96 bits per heavy atom. The highest BCUT2D eigenvalue weighted by molar-refractivity contribution is 5.81. The van der Waals surface area contributed by atoms with Crippen LogP contribution in [0.4, 0.5) is 0 Å². The molecule has 3 rings (SSSR count). The van der Waals surface area contributed by atoms with Gasteiger partial charge in [0.25, 0.3) is 0 Å². The van der Waals surface area contributed by atoms with Crippen molar-refractivity contribution in [1.29, 1.82) is 0 Å². The van der Waals surface area contributed by atoms with Gasteiger partial charge < -0.3 is 23.7 Å². The maximum atomic E-state index is 12.6. The molecule has 1 aromatic rings.